The molecular weight excluding hydrogens is 372 g/mol. The SMILES string of the molecule is CC(O)C=CC12OC1(C)C(O)C(OC1OC(CO)C(O)C(O)C1O)CC2(C)C. The first kappa shape index (κ1) is 22.1. The summed E-state index contributed by atoms with van der Waals surface area (Å²) in [6, 6.07) is 0. The molecule has 0 amide bonds. The molecule has 162 valence electrons. The van der Waals surface area contributed by atoms with Crippen LogP contribution in [0.1, 0.15) is 34.1 Å². The van der Waals surface area contributed by atoms with Gasteiger partial charge in [0, 0.05) is 5.41 Å². The Morgan fingerprint density at radius 2 is 1.75 bits per heavy atom. The molecule has 3 rings (SSSR count). The van der Waals surface area contributed by atoms with E-state index in [0.717, 1.165) is 0 Å². The van der Waals surface area contributed by atoms with Gasteiger partial charge >= 0.3 is 0 Å². The van der Waals surface area contributed by atoms with Gasteiger partial charge in [0.25, 0.3) is 0 Å². The summed E-state index contributed by atoms with van der Waals surface area (Å²) < 4.78 is 17.2. The van der Waals surface area contributed by atoms with E-state index in [4.69, 9.17) is 14.2 Å². The molecule has 2 heterocycles. The Morgan fingerprint density at radius 1 is 1.11 bits per heavy atom. The summed E-state index contributed by atoms with van der Waals surface area (Å²) in [5.41, 5.74) is -2.21. The molecule has 2 saturated heterocycles. The lowest BCUT2D eigenvalue weighted by Gasteiger charge is -2.46. The number of ether oxygens (including phenoxy) is 3. The van der Waals surface area contributed by atoms with E-state index in [-0.39, 0.29) is 0 Å². The lowest BCUT2D eigenvalue weighted by atomic mass is 9.62. The molecule has 3 aliphatic rings. The first-order chi connectivity index (χ1) is 12.9. The van der Waals surface area contributed by atoms with E-state index in [1.165, 1.54) is 0 Å². The van der Waals surface area contributed by atoms with Gasteiger partial charge in [-0.05, 0) is 20.3 Å². The van der Waals surface area contributed by atoms with Gasteiger partial charge in [0.1, 0.15) is 41.7 Å². The normalized spacial score (nSPS) is 51.7. The van der Waals surface area contributed by atoms with Crippen LogP contribution >= 0.6 is 0 Å². The van der Waals surface area contributed by atoms with E-state index >= 15 is 0 Å². The van der Waals surface area contributed by atoms with Gasteiger partial charge in [0.2, 0.25) is 0 Å². The minimum Gasteiger partial charge on any atom is -0.394 e. The van der Waals surface area contributed by atoms with Crippen molar-refractivity contribution in [3.05, 3.63) is 12.2 Å². The Kier molecular flexibility index (Phi) is 5.72. The minimum absolute atomic E-state index is 0.350. The van der Waals surface area contributed by atoms with Gasteiger partial charge in [0.15, 0.2) is 6.29 Å². The third kappa shape index (κ3) is 3.23. The summed E-state index contributed by atoms with van der Waals surface area (Å²) in [5, 5.41) is 59.9. The Labute approximate surface area is 164 Å². The Hall–Kier alpha value is -0.620. The monoisotopic (exact) mass is 404 g/mol. The fourth-order valence-corrected chi connectivity index (χ4v) is 4.69. The van der Waals surface area contributed by atoms with Gasteiger partial charge in [0.05, 0.1) is 18.8 Å². The quantitative estimate of drug-likeness (QED) is 0.236. The zero-order valence-corrected chi connectivity index (χ0v) is 16.6. The van der Waals surface area contributed by atoms with Gasteiger partial charge < -0.3 is 44.8 Å². The molecule has 10 unspecified atom stereocenters. The average Bonchev–Trinajstić information content (AvgIpc) is 3.27. The van der Waals surface area contributed by atoms with Crippen molar-refractivity contribution in [2.45, 2.75) is 94.3 Å². The zero-order valence-electron chi connectivity index (χ0n) is 16.6. The molecule has 0 bridgehead atoms. The van der Waals surface area contributed by atoms with Crippen molar-refractivity contribution in [3.63, 3.8) is 0 Å². The number of epoxide rings is 1. The van der Waals surface area contributed by atoms with E-state index in [1.54, 1.807) is 26.0 Å². The van der Waals surface area contributed by atoms with Gasteiger partial charge in [-0.1, -0.05) is 26.0 Å². The average molecular weight is 404 g/mol. The van der Waals surface area contributed by atoms with Crippen molar-refractivity contribution in [2.75, 3.05) is 6.61 Å². The van der Waals surface area contributed by atoms with Crippen LogP contribution in [0.2, 0.25) is 0 Å². The van der Waals surface area contributed by atoms with Gasteiger partial charge in [-0.3, -0.25) is 0 Å². The standard InChI is InChI=1S/C19H32O9/c1-9(21)5-6-19-17(2,3)7-10(15(25)18(19,4)28-19)26-16-14(24)13(23)12(22)11(8-20)27-16/h5-6,9-16,20-25H,7-8H2,1-4H3. The molecule has 9 heteroatoms. The predicted octanol–water partition coefficient (Wildman–Crippen LogP) is -1.57. The summed E-state index contributed by atoms with van der Waals surface area (Å²) in [6.07, 6.45) is -5.72. The molecule has 1 saturated carbocycles. The molecule has 9 nitrogen and oxygen atoms in total. The molecule has 3 fully saturated rings. The van der Waals surface area contributed by atoms with E-state index in [2.05, 4.69) is 0 Å². The number of aliphatic hydroxyl groups excluding tert-OH is 6. The van der Waals surface area contributed by atoms with Crippen LogP contribution in [0.5, 0.6) is 0 Å². The second-order valence-corrected chi connectivity index (χ2v) is 8.95. The van der Waals surface area contributed by atoms with Crippen LogP contribution in [0.3, 0.4) is 0 Å². The Morgan fingerprint density at radius 3 is 2.32 bits per heavy atom. The molecule has 2 aliphatic heterocycles. The Balaban J connectivity index is 1.79. The lowest BCUT2D eigenvalue weighted by Crippen LogP contribution is -2.62. The molecule has 1 aliphatic carbocycles. The van der Waals surface area contributed by atoms with Crippen LogP contribution in [0, 0.1) is 5.41 Å². The number of fused-ring (bicyclic) bond motifs is 1. The van der Waals surface area contributed by atoms with Gasteiger partial charge in [-0.25, -0.2) is 0 Å². The topological polar surface area (TPSA) is 152 Å². The summed E-state index contributed by atoms with van der Waals surface area (Å²) >= 11 is 0. The molecular formula is C19H32O9. The maximum Gasteiger partial charge on any atom is 0.187 e. The second kappa shape index (κ2) is 7.26. The molecule has 6 N–H and O–H groups in total. The highest BCUT2D eigenvalue weighted by Crippen LogP contribution is 2.66. The smallest absolute Gasteiger partial charge is 0.187 e. The van der Waals surface area contributed by atoms with E-state index < -0.39 is 72.2 Å². The highest BCUT2D eigenvalue weighted by molar-refractivity contribution is 5.35. The summed E-state index contributed by atoms with van der Waals surface area (Å²) in [6.45, 7) is 6.75. The van der Waals surface area contributed by atoms with E-state index in [1.807, 2.05) is 13.8 Å². The van der Waals surface area contributed by atoms with Crippen LogP contribution in [0.15, 0.2) is 12.2 Å². The Bertz CT molecular complexity index is 606. The molecule has 28 heavy (non-hydrogen) atoms. The minimum atomic E-state index is -1.55. The first-order valence-electron chi connectivity index (χ1n) is 9.62. The molecule has 0 spiro atoms. The van der Waals surface area contributed by atoms with Crippen LogP contribution in [-0.2, 0) is 14.2 Å². The van der Waals surface area contributed by atoms with Crippen molar-refractivity contribution in [3.8, 4) is 0 Å². The van der Waals surface area contributed by atoms with Gasteiger partial charge in [-0.2, -0.15) is 0 Å². The molecule has 0 radical (unpaired) electrons. The predicted molar refractivity (Wildman–Crippen MR) is 96.1 cm³/mol. The second-order valence-electron chi connectivity index (χ2n) is 8.95. The highest BCUT2D eigenvalue weighted by Gasteiger charge is 2.79. The van der Waals surface area contributed by atoms with Crippen molar-refractivity contribution >= 4 is 0 Å². The molecule has 0 aromatic carbocycles. The van der Waals surface area contributed by atoms with E-state index in [9.17, 15) is 30.6 Å². The van der Waals surface area contributed by atoms with Crippen molar-refractivity contribution in [1.29, 1.82) is 0 Å². The summed E-state index contributed by atoms with van der Waals surface area (Å²) in [7, 11) is 0. The fraction of sp³-hybridized carbons (Fsp3) is 0.895. The van der Waals surface area contributed by atoms with Crippen molar-refractivity contribution in [2.24, 2.45) is 5.41 Å². The fourth-order valence-electron chi connectivity index (χ4n) is 4.69. The summed E-state index contributed by atoms with van der Waals surface area (Å²) in [4.78, 5) is 0. The highest BCUT2D eigenvalue weighted by atomic mass is 16.7. The summed E-state index contributed by atoms with van der Waals surface area (Å²) in [5.74, 6) is 0. The van der Waals surface area contributed by atoms with Crippen molar-refractivity contribution in [1.82, 2.24) is 0 Å². The van der Waals surface area contributed by atoms with E-state index in [0.29, 0.717) is 6.42 Å². The third-order valence-corrected chi connectivity index (χ3v) is 6.47. The lowest BCUT2D eigenvalue weighted by molar-refractivity contribution is -0.322. The maximum absolute atomic E-state index is 10.9. The number of rotatable bonds is 5. The third-order valence-electron chi connectivity index (χ3n) is 6.47. The molecule has 0 aromatic heterocycles. The number of hydrogen-bond donors (Lipinski definition) is 6. The largest absolute Gasteiger partial charge is 0.394 e. The van der Waals surface area contributed by atoms with Crippen LogP contribution in [0.25, 0.3) is 0 Å². The number of aliphatic hydroxyl groups is 6. The number of hydrogen-bond acceptors (Lipinski definition) is 9. The maximum atomic E-state index is 10.9. The molecule has 0 aromatic rings. The zero-order chi connectivity index (χ0) is 21.1. The van der Waals surface area contributed by atoms with Crippen molar-refractivity contribution < 1.29 is 44.8 Å². The van der Waals surface area contributed by atoms with Crippen LogP contribution in [0.4, 0.5) is 0 Å². The van der Waals surface area contributed by atoms with Crippen LogP contribution in [-0.4, -0.2) is 97.5 Å². The molecule has 10 atom stereocenters. The van der Waals surface area contributed by atoms with Crippen LogP contribution < -0.4 is 0 Å². The first-order valence-corrected chi connectivity index (χ1v) is 9.62. The van der Waals surface area contributed by atoms with Gasteiger partial charge in [-0.15, -0.1) is 0 Å².